The molecule has 0 unspecified atom stereocenters. The van der Waals surface area contributed by atoms with E-state index >= 15 is 0 Å². The standard InChI is InChI=1S/C15H9Cl2F3N2/c1-9(15-11(18)3-2-4-12(15)19)22(8-21-17)14-6-5-10(16)7-13(14)20/h2-8H,1H2. The summed E-state index contributed by atoms with van der Waals surface area (Å²) >= 11 is 11.0. The first-order chi connectivity index (χ1) is 10.5. The zero-order chi connectivity index (χ0) is 16.3. The Morgan fingerprint density at radius 3 is 2.27 bits per heavy atom. The van der Waals surface area contributed by atoms with Gasteiger partial charge in [0.2, 0.25) is 0 Å². The van der Waals surface area contributed by atoms with Gasteiger partial charge >= 0.3 is 0 Å². The van der Waals surface area contributed by atoms with Crippen LogP contribution in [-0.4, -0.2) is 6.34 Å². The van der Waals surface area contributed by atoms with Crippen molar-refractivity contribution in [2.45, 2.75) is 0 Å². The molecule has 0 aliphatic heterocycles. The van der Waals surface area contributed by atoms with Crippen LogP contribution in [0.2, 0.25) is 5.02 Å². The SMILES string of the molecule is C=C(c1c(F)cccc1F)N(C=NCl)c1ccc(Cl)cc1F. The molecule has 22 heavy (non-hydrogen) atoms. The van der Waals surface area contributed by atoms with Gasteiger partial charge in [0.15, 0.2) is 0 Å². The van der Waals surface area contributed by atoms with E-state index in [1.54, 1.807) is 0 Å². The smallest absolute Gasteiger partial charge is 0.148 e. The summed E-state index contributed by atoms with van der Waals surface area (Å²) in [5.74, 6) is -2.40. The van der Waals surface area contributed by atoms with E-state index in [0.29, 0.717) is 0 Å². The Bertz CT molecular complexity index is 727. The summed E-state index contributed by atoms with van der Waals surface area (Å²) in [7, 11) is 0. The van der Waals surface area contributed by atoms with Crippen molar-refractivity contribution >= 4 is 41.1 Å². The minimum Gasteiger partial charge on any atom is -0.297 e. The van der Waals surface area contributed by atoms with Crippen molar-refractivity contribution in [2.24, 2.45) is 4.51 Å². The fraction of sp³-hybridized carbons (Fsp3) is 0. The second-order valence-corrected chi connectivity index (χ2v) is 4.85. The van der Waals surface area contributed by atoms with Crippen molar-refractivity contribution in [3.05, 3.63) is 71.0 Å². The van der Waals surface area contributed by atoms with E-state index in [4.69, 9.17) is 23.4 Å². The molecule has 0 bridgehead atoms. The lowest BCUT2D eigenvalue weighted by molar-refractivity contribution is 0.576. The number of nitrogens with zero attached hydrogens (tertiary/aromatic N) is 2. The van der Waals surface area contributed by atoms with Gasteiger partial charge in [-0.25, -0.2) is 13.2 Å². The molecule has 0 saturated heterocycles. The number of hydrogen-bond donors (Lipinski definition) is 0. The van der Waals surface area contributed by atoms with Crippen LogP contribution in [0, 0.1) is 17.5 Å². The Kier molecular flexibility index (Phi) is 5.11. The number of anilines is 1. The molecule has 0 saturated carbocycles. The number of halogens is 5. The van der Waals surface area contributed by atoms with Crippen molar-refractivity contribution in [3.63, 3.8) is 0 Å². The molecule has 2 aromatic carbocycles. The molecular formula is C15H9Cl2F3N2. The first kappa shape index (κ1) is 16.4. The second-order valence-electron chi connectivity index (χ2n) is 4.22. The molecule has 2 rings (SSSR count). The fourth-order valence-electron chi connectivity index (χ4n) is 1.89. The third-order valence-corrected chi connectivity index (χ3v) is 3.19. The molecule has 0 amide bonds. The van der Waals surface area contributed by atoms with E-state index in [1.807, 2.05) is 0 Å². The fourth-order valence-corrected chi connectivity index (χ4v) is 2.14. The third-order valence-electron chi connectivity index (χ3n) is 2.87. The Labute approximate surface area is 135 Å². The topological polar surface area (TPSA) is 15.6 Å². The van der Waals surface area contributed by atoms with Gasteiger partial charge in [0.05, 0.1) is 16.9 Å². The van der Waals surface area contributed by atoms with E-state index in [-0.39, 0.29) is 16.4 Å². The van der Waals surface area contributed by atoms with Crippen molar-refractivity contribution in [2.75, 3.05) is 4.90 Å². The van der Waals surface area contributed by atoms with Gasteiger partial charge in [-0.2, -0.15) is 4.51 Å². The van der Waals surface area contributed by atoms with Crippen LogP contribution in [-0.2, 0) is 0 Å². The first-order valence-corrected chi connectivity index (χ1v) is 6.69. The van der Waals surface area contributed by atoms with Gasteiger partial charge in [0.25, 0.3) is 0 Å². The van der Waals surface area contributed by atoms with Crippen LogP contribution >= 0.6 is 23.4 Å². The average molecular weight is 345 g/mol. The molecule has 0 fully saturated rings. The van der Waals surface area contributed by atoms with E-state index in [9.17, 15) is 13.2 Å². The quantitative estimate of drug-likeness (QED) is 0.534. The average Bonchev–Trinajstić information content (AvgIpc) is 2.45. The summed E-state index contributed by atoms with van der Waals surface area (Å²) in [6.07, 6.45) is 0.988. The predicted octanol–water partition coefficient (Wildman–Crippen LogP) is 5.42. The van der Waals surface area contributed by atoms with Crippen LogP contribution in [0.1, 0.15) is 5.56 Å². The summed E-state index contributed by atoms with van der Waals surface area (Å²) in [6.45, 7) is 3.60. The van der Waals surface area contributed by atoms with E-state index < -0.39 is 23.0 Å². The maximum Gasteiger partial charge on any atom is 0.148 e. The Balaban J connectivity index is 2.55. The molecule has 2 nitrogen and oxygen atoms in total. The second kappa shape index (κ2) is 6.85. The van der Waals surface area contributed by atoms with E-state index in [2.05, 4.69) is 11.1 Å². The molecule has 0 spiro atoms. The Morgan fingerprint density at radius 1 is 1.09 bits per heavy atom. The van der Waals surface area contributed by atoms with Crippen molar-refractivity contribution < 1.29 is 13.2 Å². The lowest BCUT2D eigenvalue weighted by Gasteiger charge is -2.23. The lowest BCUT2D eigenvalue weighted by Crippen LogP contribution is -2.21. The van der Waals surface area contributed by atoms with Gasteiger partial charge in [-0.1, -0.05) is 24.2 Å². The van der Waals surface area contributed by atoms with Gasteiger partial charge in [0, 0.05) is 16.8 Å². The molecule has 7 heteroatoms. The highest BCUT2D eigenvalue weighted by Gasteiger charge is 2.20. The molecule has 2 aromatic rings. The van der Waals surface area contributed by atoms with Gasteiger partial charge < -0.3 is 0 Å². The van der Waals surface area contributed by atoms with E-state index in [1.165, 1.54) is 18.2 Å². The third kappa shape index (κ3) is 3.26. The van der Waals surface area contributed by atoms with Crippen LogP contribution in [0.15, 0.2) is 47.5 Å². The normalized spacial score (nSPS) is 11.0. The van der Waals surface area contributed by atoms with Gasteiger partial charge in [-0.3, -0.25) is 4.90 Å². The first-order valence-electron chi connectivity index (χ1n) is 5.97. The Morgan fingerprint density at radius 2 is 1.73 bits per heavy atom. The monoisotopic (exact) mass is 344 g/mol. The largest absolute Gasteiger partial charge is 0.297 e. The van der Waals surface area contributed by atoms with Crippen LogP contribution in [0.3, 0.4) is 0 Å². The predicted molar refractivity (Wildman–Crippen MR) is 83.6 cm³/mol. The highest BCUT2D eigenvalue weighted by atomic mass is 35.5. The maximum absolute atomic E-state index is 14.0. The van der Waals surface area contributed by atoms with Crippen molar-refractivity contribution in [1.29, 1.82) is 0 Å². The molecule has 0 atom stereocenters. The zero-order valence-electron chi connectivity index (χ0n) is 11.0. The molecule has 0 aromatic heterocycles. The summed E-state index contributed by atoms with van der Waals surface area (Å²) < 4.78 is 45.0. The number of hydrogen-bond acceptors (Lipinski definition) is 1. The number of rotatable bonds is 4. The molecule has 114 valence electrons. The highest BCUT2D eigenvalue weighted by molar-refractivity contribution is 6.30. The molecule has 0 N–H and O–H groups in total. The minimum absolute atomic E-state index is 0.0542. The maximum atomic E-state index is 14.0. The van der Waals surface area contributed by atoms with E-state index in [0.717, 1.165) is 29.4 Å². The zero-order valence-corrected chi connectivity index (χ0v) is 12.5. The minimum atomic E-state index is -0.840. The summed E-state index contributed by atoms with van der Waals surface area (Å²) in [5, 5.41) is 0.173. The Hall–Kier alpha value is -1.98. The van der Waals surface area contributed by atoms with Crippen LogP contribution < -0.4 is 4.90 Å². The molecule has 0 radical (unpaired) electrons. The van der Waals surface area contributed by atoms with Gasteiger partial charge in [-0.05, 0) is 30.3 Å². The summed E-state index contributed by atoms with van der Waals surface area (Å²) in [4.78, 5) is 1.03. The lowest BCUT2D eigenvalue weighted by atomic mass is 10.1. The molecular weight excluding hydrogens is 336 g/mol. The molecule has 0 heterocycles. The van der Waals surface area contributed by atoms with Crippen molar-refractivity contribution in [3.8, 4) is 0 Å². The molecule has 0 aliphatic carbocycles. The van der Waals surface area contributed by atoms with Crippen LogP contribution in [0.5, 0.6) is 0 Å². The van der Waals surface area contributed by atoms with Crippen LogP contribution in [0.25, 0.3) is 5.70 Å². The summed E-state index contributed by atoms with van der Waals surface area (Å²) in [5.41, 5.74) is -0.629. The van der Waals surface area contributed by atoms with Crippen molar-refractivity contribution in [1.82, 2.24) is 0 Å². The van der Waals surface area contributed by atoms with Gasteiger partial charge in [0.1, 0.15) is 23.8 Å². The van der Waals surface area contributed by atoms with Crippen LogP contribution in [0.4, 0.5) is 18.9 Å². The highest BCUT2D eigenvalue weighted by Crippen LogP contribution is 2.30. The summed E-state index contributed by atoms with van der Waals surface area (Å²) in [6, 6.07) is 7.14. The number of benzene rings is 2. The molecule has 0 aliphatic rings. The van der Waals surface area contributed by atoms with Gasteiger partial charge in [-0.15, -0.1) is 0 Å².